The molecule has 32 heavy (non-hydrogen) atoms. The summed E-state index contributed by atoms with van der Waals surface area (Å²) in [5, 5.41) is 8.36. The van der Waals surface area contributed by atoms with Gasteiger partial charge in [-0.15, -0.1) is 5.10 Å². The van der Waals surface area contributed by atoms with Crippen LogP contribution >= 0.6 is 27.5 Å². The van der Waals surface area contributed by atoms with Crippen LogP contribution in [0.5, 0.6) is 5.75 Å². The van der Waals surface area contributed by atoms with Crippen molar-refractivity contribution in [1.82, 2.24) is 10.2 Å². The number of aromatic nitrogens is 2. The zero-order chi connectivity index (χ0) is 22.5. The molecule has 160 valence electrons. The van der Waals surface area contributed by atoms with E-state index in [1.165, 1.54) is 0 Å². The van der Waals surface area contributed by atoms with E-state index in [1.54, 1.807) is 42.6 Å². The molecule has 4 aromatic rings. The highest BCUT2D eigenvalue weighted by Crippen LogP contribution is 2.25. The van der Waals surface area contributed by atoms with Crippen molar-refractivity contribution in [2.45, 2.75) is 13.5 Å². The lowest BCUT2D eigenvalue weighted by molar-refractivity contribution is 0.103. The molecule has 0 atom stereocenters. The molecule has 6 nitrogen and oxygen atoms in total. The van der Waals surface area contributed by atoms with Crippen LogP contribution in [0.3, 0.4) is 0 Å². The molecule has 4 rings (SSSR count). The molecular weight excluding hydrogens is 494 g/mol. The summed E-state index contributed by atoms with van der Waals surface area (Å²) in [6.07, 6.45) is 1.63. The highest BCUT2D eigenvalue weighted by Gasteiger charge is 2.16. The zero-order valence-electron chi connectivity index (χ0n) is 17.0. The molecule has 0 N–H and O–H groups in total. The Balaban J connectivity index is 1.48. The van der Waals surface area contributed by atoms with E-state index in [2.05, 4.69) is 31.1 Å². The molecule has 0 amide bonds. The van der Waals surface area contributed by atoms with Gasteiger partial charge >= 0.3 is 6.01 Å². The van der Waals surface area contributed by atoms with Crippen LogP contribution in [0.25, 0.3) is 0 Å². The number of nitrogens with zero attached hydrogens (tertiary/aromatic N) is 3. The van der Waals surface area contributed by atoms with E-state index in [0.717, 1.165) is 15.6 Å². The lowest BCUT2D eigenvalue weighted by Crippen LogP contribution is -2.06. The van der Waals surface area contributed by atoms with Crippen molar-refractivity contribution in [1.29, 1.82) is 0 Å². The number of hydrogen-bond donors (Lipinski definition) is 0. The molecule has 0 fully saturated rings. The number of aryl methyl sites for hydroxylation is 1. The van der Waals surface area contributed by atoms with Crippen molar-refractivity contribution >= 4 is 45.5 Å². The smallest absolute Gasteiger partial charge is 0.342 e. The molecule has 0 radical (unpaired) electrons. The number of aliphatic imine (C=N–C) groups is 1. The van der Waals surface area contributed by atoms with Gasteiger partial charge in [-0.25, -0.2) is 4.99 Å². The van der Waals surface area contributed by atoms with E-state index >= 15 is 0 Å². The zero-order valence-corrected chi connectivity index (χ0v) is 19.3. The molecule has 1 aromatic heterocycles. The van der Waals surface area contributed by atoms with Crippen LogP contribution in [0.4, 0.5) is 6.01 Å². The Kier molecular flexibility index (Phi) is 6.78. The highest BCUT2D eigenvalue weighted by molar-refractivity contribution is 9.10. The Hall–Kier alpha value is -3.29. The van der Waals surface area contributed by atoms with Gasteiger partial charge in [0, 0.05) is 21.3 Å². The fourth-order valence-electron chi connectivity index (χ4n) is 2.94. The second-order valence-electron chi connectivity index (χ2n) is 6.92. The van der Waals surface area contributed by atoms with Crippen molar-refractivity contribution in [3.8, 4) is 5.75 Å². The minimum absolute atomic E-state index is 0.00169. The highest BCUT2D eigenvalue weighted by atomic mass is 79.9. The van der Waals surface area contributed by atoms with Crippen LogP contribution in [0.1, 0.15) is 32.9 Å². The largest absolute Gasteiger partial charge is 0.483 e. The molecule has 0 saturated carbocycles. The first-order chi connectivity index (χ1) is 15.5. The van der Waals surface area contributed by atoms with E-state index in [0.29, 0.717) is 21.9 Å². The summed E-state index contributed by atoms with van der Waals surface area (Å²) in [5.41, 5.74) is 2.73. The number of benzene rings is 3. The molecule has 0 bridgehead atoms. The normalized spacial score (nSPS) is 11.1. The van der Waals surface area contributed by atoms with Crippen LogP contribution in [0, 0.1) is 6.92 Å². The van der Waals surface area contributed by atoms with Gasteiger partial charge in [0.05, 0.1) is 5.56 Å². The summed E-state index contributed by atoms with van der Waals surface area (Å²) in [6.45, 7) is 1.91. The fourth-order valence-corrected chi connectivity index (χ4v) is 3.55. The standard InChI is InChI=1S/C24H17BrClN3O3/c1-15-8-9-21(20(10-15)23(30)17-5-3-7-19(26)12-17)31-14-22-28-29-24(32-22)27-13-16-4-2-6-18(25)11-16/h2-13H,14H2,1H3/b27-13+. The predicted molar refractivity (Wildman–Crippen MR) is 126 cm³/mol. The van der Waals surface area contributed by atoms with E-state index < -0.39 is 0 Å². The average Bonchev–Trinajstić information content (AvgIpc) is 3.24. The third kappa shape index (κ3) is 5.49. The summed E-state index contributed by atoms with van der Waals surface area (Å²) in [6, 6.07) is 20.0. The van der Waals surface area contributed by atoms with Gasteiger partial charge in [0.25, 0.3) is 5.89 Å². The van der Waals surface area contributed by atoms with Gasteiger partial charge in [-0.05, 0) is 48.9 Å². The summed E-state index contributed by atoms with van der Waals surface area (Å²) in [4.78, 5) is 17.2. The second-order valence-corrected chi connectivity index (χ2v) is 8.27. The van der Waals surface area contributed by atoms with Crippen molar-refractivity contribution in [2.24, 2.45) is 4.99 Å². The third-order valence-corrected chi connectivity index (χ3v) is 5.17. The van der Waals surface area contributed by atoms with Gasteiger partial charge in [0.15, 0.2) is 12.4 Å². The second kappa shape index (κ2) is 9.89. The van der Waals surface area contributed by atoms with Gasteiger partial charge in [-0.1, -0.05) is 68.5 Å². The molecule has 1 heterocycles. The van der Waals surface area contributed by atoms with Crippen LogP contribution < -0.4 is 4.74 Å². The Morgan fingerprint density at radius 2 is 1.97 bits per heavy atom. The molecule has 0 aliphatic carbocycles. The molecule has 0 aliphatic rings. The van der Waals surface area contributed by atoms with Crippen molar-refractivity contribution in [2.75, 3.05) is 0 Å². The van der Waals surface area contributed by atoms with Crippen LogP contribution in [-0.4, -0.2) is 22.2 Å². The third-order valence-electron chi connectivity index (χ3n) is 4.45. The molecule has 0 aliphatic heterocycles. The summed E-state index contributed by atoms with van der Waals surface area (Å²) >= 11 is 9.45. The molecule has 0 spiro atoms. The number of carbonyl (C=O) groups excluding carboxylic acids is 1. The maximum absolute atomic E-state index is 13.0. The molecular formula is C24H17BrClN3O3. The van der Waals surface area contributed by atoms with Gasteiger partial charge in [0.1, 0.15) is 5.75 Å². The van der Waals surface area contributed by atoms with Crippen molar-refractivity contribution < 1.29 is 13.9 Å². The van der Waals surface area contributed by atoms with Gasteiger partial charge < -0.3 is 9.15 Å². The fraction of sp³-hybridized carbons (Fsp3) is 0.0833. The first kappa shape index (κ1) is 21.9. The number of hydrogen-bond acceptors (Lipinski definition) is 6. The Morgan fingerprint density at radius 3 is 2.78 bits per heavy atom. The SMILES string of the molecule is Cc1ccc(OCc2nnc(/N=C/c3cccc(Br)c3)o2)c(C(=O)c2cccc(Cl)c2)c1. The first-order valence-electron chi connectivity index (χ1n) is 9.64. The van der Waals surface area contributed by atoms with Crippen molar-refractivity contribution in [3.05, 3.63) is 104 Å². The van der Waals surface area contributed by atoms with Gasteiger partial charge in [-0.2, -0.15) is 0 Å². The number of ketones is 1. The Labute approximate surface area is 198 Å². The monoisotopic (exact) mass is 509 g/mol. The predicted octanol–water partition coefficient (Wildman–Crippen LogP) is 6.35. The number of carbonyl (C=O) groups is 1. The molecule has 0 unspecified atom stereocenters. The molecule has 3 aromatic carbocycles. The number of halogens is 2. The lowest BCUT2D eigenvalue weighted by atomic mass is 10.0. The Bertz CT molecular complexity index is 1300. The van der Waals surface area contributed by atoms with E-state index in [4.69, 9.17) is 20.8 Å². The van der Waals surface area contributed by atoms with Crippen molar-refractivity contribution in [3.63, 3.8) is 0 Å². The van der Waals surface area contributed by atoms with Crippen LogP contribution in [0.15, 0.2) is 80.6 Å². The quantitative estimate of drug-likeness (QED) is 0.214. The van der Waals surface area contributed by atoms with Crippen LogP contribution in [-0.2, 0) is 6.61 Å². The minimum Gasteiger partial charge on any atom is -0.483 e. The van der Waals surface area contributed by atoms with Crippen LogP contribution in [0.2, 0.25) is 5.02 Å². The topological polar surface area (TPSA) is 77.6 Å². The lowest BCUT2D eigenvalue weighted by Gasteiger charge is -2.11. The summed E-state index contributed by atoms with van der Waals surface area (Å²) in [7, 11) is 0. The maximum atomic E-state index is 13.0. The first-order valence-corrected chi connectivity index (χ1v) is 10.8. The number of ether oxygens (including phenoxy) is 1. The summed E-state index contributed by atoms with van der Waals surface area (Å²) < 4.78 is 12.3. The van der Waals surface area contributed by atoms with E-state index in [1.807, 2.05) is 37.3 Å². The van der Waals surface area contributed by atoms with Gasteiger partial charge in [0.2, 0.25) is 0 Å². The molecule has 0 saturated heterocycles. The Morgan fingerprint density at radius 1 is 1.12 bits per heavy atom. The minimum atomic E-state index is -0.184. The average molecular weight is 511 g/mol. The number of rotatable bonds is 7. The van der Waals surface area contributed by atoms with E-state index in [9.17, 15) is 4.79 Å². The summed E-state index contributed by atoms with van der Waals surface area (Å²) in [5.74, 6) is 0.474. The molecule has 8 heteroatoms. The van der Waals surface area contributed by atoms with Gasteiger partial charge in [-0.3, -0.25) is 4.79 Å². The van der Waals surface area contributed by atoms with E-state index in [-0.39, 0.29) is 24.3 Å². The maximum Gasteiger partial charge on any atom is 0.342 e.